The summed E-state index contributed by atoms with van der Waals surface area (Å²) in [5, 5.41) is 6.44. The highest BCUT2D eigenvalue weighted by Gasteiger charge is 2.26. The Hall–Kier alpha value is -1.15. The van der Waals surface area contributed by atoms with E-state index in [1.807, 2.05) is 0 Å². The van der Waals surface area contributed by atoms with Crippen molar-refractivity contribution in [1.82, 2.24) is 15.5 Å². The van der Waals surface area contributed by atoms with E-state index in [9.17, 15) is 4.79 Å². The van der Waals surface area contributed by atoms with E-state index < -0.39 is 6.04 Å². The second kappa shape index (κ2) is 10.1. The first-order valence-electron chi connectivity index (χ1n) is 10.3. The van der Waals surface area contributed by atoms with Crippen LogP contribution in [-0.2, 0) is 11.3 Å². The number of carbonyl (C=O) groups is 1. The lowest BCUT2D eigenvalue weighted by molar-refractivity contribution is -0.123. The Morgan fingerprint density at radius 3 is 2.93 bits per heavy atom. The smallest absolute Gasteiger partial charge is 0.237 e. The molecule has 0 bridgehead atoms. The molecule has 1 aromatic rings. The zero-order valence-electron chi connectivity index (χ0n) is 16.9. The van der Waals surface area contributed by atoms with Gasteiger partial charge in [0.2, 0.25) is 5.91 Å². The van der Waals surface area contributed by atoms with Crippen LogP contribution in [0.15, 0.2) is 22.7 Å². The fourth-order valence-electron chi connectivity index (χ4n) is 3.92. The number of nitrogens with zero attached hydrogens (tertiary/aromatic N) is 1. The van der Waals surface area contributed by atoms with Crippen LogP contribution in [0.25, 0.3) is 0 Å². The molecule has 1 aromatic carbocycles. The van der Waals surface area contributed by atoms with Crippen LogP contribution in [0, 0.1) is 5.92 Å². The van der Waals surface area contributed by atoms with Gasteiger partial charge in [-0.25, -0.2) is 0 Å². The predicted molar refractivity (Wildman–Crippen MR) is 115 cm³/mol. The Bertz CT molecular complexity index is 664. The first-order chi connectivity index (χ1) is 13.4. The lowest BCUT2D eigenvalue weighted by atomic mass is 10.0. The molecule has 28 heavy (non-hydrogen) atoms. The maximum absolute atomic E-state index is 12.2. The fourth-order valence-corrected chi connectivity index (χ4v) is 4.44. The number of amides is 1. The van der Waals surface area contributed by atoms with Crippen LogP contribution in [0.4, 0.5) is 0 Å². The molecular weight excluding hydrogens is 420 g/mol. The molecule has 4 N–H and O–H groups in total. The van der Waals surface area contributed by atoms with E-state index in [1.54, 1.807) is 0 Å². The second-order valence-corrected chi connectivity index (χ2v) is 9.32. The highest BCUT2D eigenvalue weighted by Crippen LogP contribution is 2.28. The normalized spacial score (nSPS) is 23.9. The van der Waals surface area contributed by atoms with Gasteiger partial charge >= 0.3 is 0 Å². The van der Waals surface area contributed by atoms with Crippen molar-refractivity contribution in [3.63, 3.8) is 0 Å². The summed E-state index contributed by atoms with van der Waals surface area (Å²) in [6, 6.07) is 6.10. The molecular formula is C21H33BrN4O2. The summed E-state index contributed by atoms with van der Waals surface area (Å²) in [5.74, 6) is 1.31. The number of benzene rings is 1. The summed E-state index contributed by atoms with van der Waals surface area (Å²) < 4.78 is 7.06. The number of nitrogens with two attached hydrogens (primary N) is 1. The minimum Gasteiger partial charge on any atom is -0.488 e. The number of nitrogens with one attached hydrogen (secondary N) is 2. The van der Waals surface area contributed by atoms with Gasteiger partial charge in [0.05, 0.1) is 10.5 Å². The number of rotatable bonds is 8. The van der Waals surface area contributed by atoms with Crippen molar-refractivity contribution >= 4 is 21.8 Å². The van der Waals surface area contributed by atoms with Gasteiger partial charge in [0.25, 0.3) is 0 Å². The quantitative estimate of drug-likeness (QED) is 0.563. The van der Waals surface area contributed by atoms with E-state index in [1.165, 1.54) is 5.56 Å². The van der Waals surface area contributed by atoms with Gasteiger partial charge in [-0.05, 0) is 65.4 Å². The highest BCUT2D eigenvalue weighted by atomic mass is 79.9. The van der Waals surface area contributed by atoms with E-state index in [0.29, 0.717) is 5.92 Å². The highest BCUT2D eigenvalue weighted by molar-refractivity contribution is 9.10. The van der Waals surface area contributed by atoms with Crippen molar-refractivity contribution in [2.75, 3.05) is 26.2 Å². The van der Waals surface area contributed by atoms with Crippen LogP contribution in [0.2, 0.25) is 0 Å². The Labute approximate surface area is 176 Å². The molecule has 1 amide bonds. The monoisotopic (exact) mass is 452 g/mol. The molecule has 2 aliphatic heterocycles. The lowest BCUT2D eigenvalue weighted by Crippen LogP contribution is -2.46. The molecule has 3 rings (SSSR count). The van der Waals surface area contributed by atoms with Crippen LogP contribution in [-0.4, -0.2) is 55.2 Å². The molecule has 0 spiro atoms. The summed E-state index contributed by atoms with van der Waals surface area (Å²) in [5.41, 5.74) is 7.24. The zero-order valence-corrected chi connectivity index (χ0v) is 18.5. The van der Waals surface area contributed by atoms with Crippen molar-refractivity contribution in [3.8, 4) is 5.75 Å². The number of ether oxygens (including phenoxy) is 1. The molecule has 0 aliphatic carbocycles. The van der Waals surface area contributed by atoms with Gasteiger partial charge in [0.1, 0.15) is 11.9 Å². The average Bonchev–Trinajstić information content (AvgIpc) is 3.29. The molecule has 2 heterocycles. The van der Waals surface area contributed by atoms with Gasteiger partial charge in [0.15, 0.2) is 0 Å². The van der Waals surface area contributed by atoms with Crippen molar-refractivity contribution in [1.29, 1.82) is 0 Å². The molecule has 0 radical (unpaired) electrons. The molecule has 2 saturated heterocycles. The first-order valence-corrected chi connectivity index (χ1v) is 11.1. The van der Waals surface area contributed by atoms with E-state index >= 15 is 0 Å². The molecule has 2 aliphatic rings. The SMILES string of the molecule is CC(C)C[C@H](N)C(=O)N[C@H]1CCN(Cc2ccc(O[C@@H]3CCNC3)c(Br)c2)C1. The van der Waals surface area contributed by atoms with Gasteiger partial charge in [0, 0.05) is 32.2 Å². The predicted octanol–water partition coefficient (Wildman–Crippen LogP) is 2.25. The maximum atomic E-state index is 12.2. The number of halogens is 1. The molecule has 0 aromatic heterocycles. The summed E-state index contributed by atoms with van der Waals surface area (Å²) >= 11 is 3.65. The third kappa shape index (κ3) is 6.17. The van der Waals surface area contributed by atoms with E-state index in [2.05, 4.69) is 63.5 Å². The zero-order chi connectivity index (χ0) is 20.1. The van der Waals surface area contributed by atoms with Gasteiger partial charge < -0.3 is 21.1 Å². The Balaban J connectivity index is 1.47. The van der Waals surface area contributed by atoms with Crippen molar-refractivity contribution < 1.29 is 9.53 Å². The largest absolute Gasteiger partial charge is 0.488 e. The third-order valence-electron chi connectivity index (χ3n) is 5.39. The summed E-state index contributed by atoms with van der Waals surface area (Å²) in [7, 11) is 0. The molecule has 0 saturated carbocycles. The van der Waals surface area contributed by atoms with Gasteiger partial charge in [-0.3, -0.25) is 9.69 Å². The summed E-state index contributed by atoms with van der Waals surface area (Å²) in [4.78, 5) is 14.6. The Morgan fingerprint density at radius 2 is 2.25 bits per heavy atom. The topological polar surface area (TPSA) is 79.6 Å². The van der Waals surface area contributed by atoms with Crippen molar-refractivity contribution in [2.45, 2.75) is 57.8 Å². The maximum Gasteiger partial charge on any atom is 0.237 e. The lowest BCUT2D eigenvalue weighted by Gasteiger charge is -2.20. The average molecular weight is 453 g/mol. The second-order valence-electron chi connectivity index (χ2n) is 8.46. The van der Waals surface area contributed by atoms with E-state index in [0.717, 1.165) is 62.2 Å². The molecule has 2 fully saturated rings. The van der Waals surface area contributed by atoms with Crippen LogP contribution in [0.1, 0.15) is 38.7 Å². The molecule has 7 heteroatoms. The van der Waals surface area contributed by atoms with Gasteiger partial charge in [-0.15, -0.1) is 0 Å². The number of carbonyl (C=O) groups excluding carboxylic acids is 1. The van der Waals surface area contributed by atoms with Crippen LogP contribution < -0.4 is 21.1 Å². The number of hydrogen-bond acceptors (Lipinski definition) is 5. The molecule has 156 valence electrons. The van der Waals surface area contributed by atoms with E-state index in [-0.39, 0.29) is 18.1 Å². The van der Waals surface area contributed by atoms with Crippen LogP contribution in [0.5, 0.6) is 5.75 Å². The van der Waals surface area contributed by atoms with Crippen molar-refractivity contribution in [3.05, 3.63) is 28.2 Å². The van der Waals surface area contributed by atoms with Crippen LogP contribution >= 0.6 is 15.9 Å². The minimum absolute atomic E-state index is 0.0220. The Morgan fingerprint density at radius 1 is 1.43 bits per heavy atom. The summed E-state index contributed by atoms with van der Waals surface area (Å²) in [6.07, 6.45) is 3.00. The fraction of sp³-hybridized carbons (Fsp3) is 0.667. The number of likely N-dealkylation sites (tertiary alicyclic amines) is 1. The van der Waals surface area contributed by atoms with E-state index in [4.69, 9.17) is 10.5 Å². The van der Waals surface area contributed by atoms with Gasteiger partial charge in [-0.2, -0.15) is 0 Å². The summed E-state index contributed by atoms with van der Waals surface area (Å²) in [6.45, 7) is 8.82. The first kappa shape index (κ1) is 21.6. The third-order valence-corrected chi connectivity index (χ3v) is 6.01. The number of hydrogen-bond donors (Lipinski definition) is 3. The molecule has 6 nitrogen and oxygen atoms in total. The molecule has 3 atom stereocenters. The molecule has 0 unspecified atom stereocenters. The van der Waals surface area contributed by atoms with Crippen molar-refractivity contribution in [2.24, 2.45) is 11.7 Å². The standard InChI is InChI=1S/C21H33BrN4O2/c1-14(2)9-19(23)21(27)25-16-6-8-26(13-16)12-15-3-4-20(18(22)10-15)28-17-5-7-24-11-17/h3-4,10,14,16-17,19,24H,5-9,11-13,23H2,1-2H3,(H,25,27)/t16-,17+,19-/m0/s1. The van der Waals surface area contributed by atoms with Gasteiger partial charge in [-0.1, -0.05) is 19.9 Å². The van der Waals surface area contributed by atoms with Crippen LogP contribution in [0.3, 0.4) is 0 Å². The Kier molecular flexibility index (Phi) is 7.74. The minimum atomic E-state index is -0.410.